The van der Waals surface area contributed by atoms with Gasteiger partial charge in [0.05, 0.1) is 24.6 Å². The molecule has 1 aromatic carbocycles. The number of nitro groups is 1. The van der Waals surface area contributed by atoms with E-state index in [4.69, 9.17) is 0 Å². The van der Waals surface area contributed by atoms with Crippen molar-refractivity contribution in [2.75, 3.05) is 0 Å². The summed E-state index contributed by atoms with van der Waals surface area (Å²) in [5.41, 5.74) is -0.250. The van der Waals surface area contributed by atoms with Crippen molar-refractivity contribution in [2.45, 2.75) is 4.90 Å². The molecule has 0 N–H and O–H groups in total. The van der Waals surface area contributed by atoms with Crippen molar-refractivity contribution in [3.05, 3.63) is 34.4 Å². The second-order valence-corrected chi connectivity index (χ2v) is 6.10. The van der Waals surface area contributed by atoms with Gasteiger partial charge in [-0.3, -0.25) is 10.1 Å². The SMILES string of the molecule is O=[N+]([O-])c1cccc(S(=O)(=O)Br)c1. The molecule has 0 saturated heterocycles. The zero-order valence-electron chi connectivity index (χ0n) is 6.18. The Morgan fingerprint density at radius 3 is 2.46 bits per heavy atom. The van der Waals surface area contributed by atoms with Gasteiger partial charge in [-0.2, -0.15) is 0 Å². The lowest BCUT2D eigenvalue weighted by Gasteiger charge is -1.95. The molecule has 0 fully saturated rings. The lowest BCUT2D eigenvalue weighted by Crippen LogP contribution is -1.92. The van der Waals surface area contributed by atoms with Gasteiger partial charge in [0.1, 0.15) is 0 Å². The summed E-state index contributed by atoms with van der Waals surface area (Å²) in [5, 5.41) is 10.3. The Labute approximate surface area is 81.7 Å². The molecule has 5 nitrogen and oxygen atoms in total. The lowest BCUT2D eigenvalue weighted by molar-refractivity contribution is -0.385. The molecular formula is C6H4BrNO4S. The Bertz CT molecular complexity index is 442. The van der Waals surface area contributed by atoms with Gasteiger partial charge in [0.2, 0.25) is 8.27 Å². The number of hydrogen-bond acceptors (Lipinski definition) is 4. The fourth-order valence-corrected chi connectivity index (χ4v) is 1.86. The minimum absolute atomic E-state index is 0.123. The first-order chi connectivity index (χ1) is 5.91. The number of rotatable bonds is 2. The first kappa shape index (κ1) is 10.1. The van der Waals surface area contributed by atoms with Crippen LogP contribution >= 0.6 is 14.8 Å². The molecule has 0 unspecified atom stereocenters. The van der Waals surface area contributed by atoms with Crippen LogP contribution in [-0.2, 0) is 8.27 Å². The van der Waals surface area contributed by atoms with Crippen LogP contribution in [0.1, 0.15) is 0 Å². The van der Waals surface area contributed by atoms with Crippen molar-refractivity contribution in [1.82, 2.24) is 0 Å². The van der Waals surface area contributed by atoms with Gasteiger partial charge in [0.15, 0.2) is 0 Å². The zero-order valence-corrected chi connectivity index (χ0v) is 8.58. The fraction of sp³-hybridized carbons (Fsp3) is 0. The molecule has 1 rings (SSSR count). The van der Waals surface area contributed by atoms with Gasteiger partial charge >= 0.3 is 0 Å². The van der Waals surface area contributed by atoms with E-state index in [9.17, 15) is 18.5 Å². The number of hydrogen-bond donors (Lipinski definition) is 0. The molecule has 70 valence electrons. The van der Waals surface area contributed by atoms with E-state index in [1.165, 1.54) is 18.2 Å². The standard InChI is InChI=1S/C6H4BrNO4S/c7-13(11,12)6-3-1-2-5(4-6)8(9)10/h1-4H. The first-order valence-electron chi connectivity index (χ1n) is 3.10. The van der Waals surface area contributed by atoms with Crippen molar-refractivity contribution in [2.24, 2.45) is 0 Å². The zero-order chi connectivity index (χ0) is 10.1. The summed E-state index contributed by atoms with van der Waals surface area (Å²) in [5.74, 6) is 0. The molecule has 0 atom stereocenters. The smallest absolute Gasteiger partial charge is 0.258 e. The van der Waals surface area contributed by atoms with Gasteiger partial charge < -0.3 is 0 Å². The van der Waals surface area contributed by atoms with E-state index in [0.29, 0.717) is 0 Å². The average Bonchev–Trinajstić information content (AvgIpc) is 2.03. The molecule has 13 heavy (non-hydrogen) atoms. The third-order valence-corrected chi connectivity index (χ3v) is 3.25. The number of non-ortho nitro benzene ring substituents is 1. The maximum atomic E-state index is 10.9. The topological polar surface area (TPSA) is 77.3 Å². The molecule has 0 bridgehead atoms. The van der Waals surface area contributed by atoms with Crippen LogP contribution in [0.5, 0.6) is 0 Å². The minimum atomic E-state index is -3.55. The molecule has 0 aromatic heterocycles. The van der Waals surface area contributed by atoms with Crippen LogP contribution in [0.2, 0.25) is 0 Å². The van der Waals surface area contributed by atoms with Crippen LogP contribution < -0.4 is 0 Å². The predicted molar refractivity (Wildman–Crippen MR) is 49.2 cm³/mol. The van der Waals surface area contributed by atoms with Gasteiger partial charge in [-0.05, 0) is 6.07 Å². The Balaban J connectivity index is 3.29. The van der Waals surface area contributed by atoms with E-state index in [1.807, 2.05) is 0 Å². The highest BCUT2D eigenvalue weighted by atomic mass is 79.9. The molecule has 0 saturated carbocycles. The highest BCUT2D eigenvalue weighted by Crippen LogP contribution is 2.21. The van der Waals surface area contributed by atoms with E-state index < -0.39 is 13.2 Å². The summed E-state index contributed by atoms with van der Waals surface area (Å²) in [4.78, 5) is 9.50. The Morgan fingerprint density at radius 2 is 2.00 bits per heavy atom. The second-order valence-electron chi connectivity index (χ2n) is 2.19. The normalized spacial score (nSPS) is 11.2. The molecule has 0 aliphatic carbocycles. The molecule has 7 heteroatoms. The Hall–Kier alpha value is -0.950. The van der Waals surface area contributed by atoms with Gasteiger partial charge in [-0.15, -0.1) is 0 Å². The minimum Gasteiger partial charge on any atom is -0.258 e. The van der Waals surface area contributed by atoms with E-state index in [0.717, 1.165) is 6.07 Å². The third-order valence-electron chi connectivity index (χ3n) is 1.31. The summed E-state index contributed by atoms with van der Waals surface area (Å²) in [6.45, 7) is 0. The van der Waals surface area contributed by atoms with E-state index in [2.05, 4.69) is 14.8 Å². The molecule has 0 aliphatic rings. The van der Waals surface area contributed by atoms with Gasteiger partial charge in [-0.1, -0.05) is 6.07 Å². The summed E-state index contributed by atoms with van der Waals surface area (Å²) in [7, 11) is -3.55. The van der Waals surface area contributed by atoms with Crippen molar-refractivity contribution in [1.29, 1.82) is 0 Å². The van der Waals surface area contributed by atoms with Crippen LogP contribution in [0.3, 0.4) is 0 Å². The van der Waals surface area contributed by atoms with E-state index >= 15 is 0 Å². The molecule has 1 aromatic rings. The van der Waals surface area contributed by atoms with Crippen LogP contribution in [0.4, 0.5) is 5.69 Å². The number of nitrogens with zero attached hydrogens (tertiary/aromatic N) is 1. The Kier molecular flexibility index (Phi) is 2.67. The van der Waals surface area contributed by atoms with Gasteiger partial charge in [0.25, 0.3) is 5.69 Å². The van der Waals surface area contributed by atoms with Crippen molar-refractivity contribution < 1.29 is 13.3 Å². The highest BCUT2D eigenvalue weighted by Gasteiger charge is 2.13. The number of nitro benzene ring substituents is 1. The maximum Gasteiger partial charge on any atom is 0.270 e. The number of halogens is 1. The fourth-order valence-electron chi connectivity index (χ4n) is 0.749. The van der Waals surface area contributed by atoms with Crippen LogP contribution in [0, 0.1) is 10.1 Å². The van der Waals surface area contributed by atoms with Gasteiger partial charge in [-0.25, -0.2) is 8.42 Å². The van der Waals surface area contributed by atoms with Crippen molar-refractivity contribution in [3.63, 3.8) is 0 Å². The molecule has 0 spiro atoms. The highest BCUT2D eigenvalue weighted by molar-refractivity contribution is 9.47. The largest absolute Gasteiger partial charge is 0.270 e. The summed E-state index contributed by atoms with van der Waals surface area (Å²) < 4.78 is 21.8. The summed E-state index contributed by atoms with van der Waals surface area (Å²) in [6, 6.07) is 4.80. The Morgan fingerprint density at radius 1 is 1.38 bits per heavy atom. The summed E-state index contributed by atoms with van der Waals surface area (Å²) in [6.07, 6.45) is 0. The van der Waals surface area contributed by atoms with E-state index in [1.54, 1.807) is 0 Å². The summed E-state index contributed by atoms with van der Waals surface area (Å²) >= 11 is 2.42. The second kappa shape index (κ2) is 3.43. The lowest BCUT2D eigenvalue weighted by atomic mass is 10.3. The molecule has 0 aliphatic heterocycles. The predicted octanol–water partition coefficient (Wildman–Crippen LogP) is 1.68. The molecule has 0 amide bonds. The molecule has 0 radical (unpaired) electrons. The van der Waals surface area contributed by atoms with Crippen molar-refractivity contribution in [3.8, 4) is 0 Å². The van der Waals surface area contributed by atoms with Crippen LogP contribution in [0.15, 0.2) is 29.2 Å². The molecule has 0 heterocycles. The average molecular weight is 266 g/mol. The van der Waals surface area contributed by atoms with Gasteiger partial charge in [0, 0.05) is 12.1 Å². The van der Waals surface area contributed by atoms with Crippen molar-refractivity contribution >= 4 is 28.8 Å². The van der Waals surface area contributed by atoms with Crippen LogP contribution in [-0.4, -0.2) is 13.3 Å². The number of benzene rings is 1. The maximum absolute atomic E-state index is 10.9. The quantitative estimate of drug-likeness (QED) is 0.463. The third kappa shape index (κ3) is 2.49. The van der Waals surface area contributed by atoms with Crippen LogP contribution in [0.25, 0.3) is 0 Å². The first-order valence-corrected chi connectivity index (χ1v) is 6.43. The monoisotopic (exact) mass is 265 g/mol. The molecular weight excluding hydrogens is 262 g/mol. The van der Waals surface area contributed by atoms with E-state index in [-0.39, 0.29) is 10.6 Å².